The van der Waals surface area contributed by atoms with Gasteiger partial charge in [-0.1, -0.05) is 22.0 Å². The van der Waals surface area contributed by atoms with Gasteiger partial charge in [0.25, 0.3) is 0 Å². The van der Waals surface area contributed by atoms with Crippen LogP contribution in [0.15, 0.2) is 22.7 Å². The lowest BCUT2D eigenvalue weighted by atomic mass is 10.00. The van der Waals surface area contributed by atoms with Crippen molar-refractivity contribution in [2.45, 2.75) is 45.2 Å². The summed E-state index contributed by atoms with van der Waals surface area (Å²) in [6.45, 7) is 5.82. The second kappa shape index (κ2) is 4.57. The summed E-state index contributed by atoms with van der Waals surface area (Å²) in [6.07, 6.45) is 0.975. The second-order valence-corrected chi connectivity index (χ2v) is 6.64. The van der Waals surface area contributed by atoms with Gasteiger partial charge in [-0.05, 0) is 56.9 Å². The number of rotatable bonds is 1. The lowest BCUT2D eigenvalue weighted by Crippen LogP contribution is -2.46. The zero-order chi connectivity index (χ0) is 13.5. The Morgan fingerprint density at radius 2 is 2.11 bits per heavy atom. The van der Waals surface area contributed by atoms with Crippen LogP contribution in [0.2, 0.25) is 0 Å². The van der Waals surface area contributed by atoms with Crippen LogP contribution in [0, 0.1) is 0 Å². The smallest absolute Gasteiger partial charge is 0.408 e. The van der Waals surface area contributed by atoms with E-state index in [2.05, 4.69) is 28.1 Å². The first-order chi connectivity index (χ1) is 8.30. The predicted octanol–water partition coefficient (Wildman–Crippen LogP) is 4.21. The molecule has 0 fully saturated rings. The molecule has 1 unspecified atom stereocenters. The van der Waals surface area contributed by atoms with Crippen LogP contribution in [-0.4, -0.2) is 21.6 Å². The van der Waals surface area contributed by atoms with Gasteiger partial charge in [0.2, 0.25) is 0 Å². The summed E-state index contributed by atoms with van der Waals surface area (Å²) in [6, 6.07) is 6.12. The molecule has 0 radical (unpaired) electrons. The van der Waals surface area contributed by atoms with Crippen molar-refractivity contribution in [3.8, 4) is 0 Å². The first-order valence-corrected chi connectivity index (χ1v) is 6.90. The number of amides is 1. The van der Waals surface area contributed by atoms with Crippen molar-refractivity contribution in [3.05, 3.63) is 33.8 Å². The third-order valence-electron chi connectivity index (χ3n) is 3.39. The minimum atomic E-state index is -0.847. The van der Waals surface area contributed by atoms with Crippen molar-refractivity contribution in [2.75, 3.05) is 0 Å². The summed E-state index contributed by atoms with van der Waals surface area (Å²) in [5.74, 6) is 0. The maximum Gasteiger partial charge on any atom is 0.408 e. The fourth-order valence-corrected chi connectivity index (χ4v) is 3.09. The molecule has 4 heteroatoms. The van der Waals surface area contributed by atoms with Crippen LogP contribution < -0.4 is 0 Å². The lowest BCUT2D eigenvalue weighted by Gasteiger charge is -2.38. The van der Waals surface area contributed by atoms with Crippen molar-refractivity contribution in [3.63, 3.8) is 0 Å². The highest BCUT2D eigenvalue weighted by atomic mass is 79.9. The minimum Gasteiger partial charge on any atom is -0.465 e. The van der Waals surface area contributed by atoms with Gasteiger partial charge in [0, 0.05) is 10.0 Å². The molecule has 1 amide bonds. The summed E-state index contributed by atoms with van der Waals surface area (Å²) in [5, 5.41) is 9.48. The van der Waals surface area contributed by atoms with E-state index in [1.54, 1.807) is 4.90 Å². The van der Waals surface area contributed by atoms with Crippen LogP contribution in [-0.2, 0) is 6.42 Å². The van der Waals surface area contributed by atoms with Crippen LogP contribution in [0.25, 0.3) is 0 Å². The topological polar surface area (TPSA) is 40.5 Å². The number of benzene rings is 1. The van der Waals surface area contributed by atoms with Gasteiger partial charge in [0.05, 0.1) is 6.04 Å². The molecule has 1 aliphatic rings. The van der Waals surface area contributed by atoms with Crippen molar-refractivity contribution >= 4 is 22.0 Å². The molecule has 0 saturated heterocycles. The number of hydrogen-bond donors (Lipinski definition) is 1. The number of nitrogens with zero attached hydrogens (tertiary/aromatic N) is 1. The van der Waals surface area contributed by atoms with E-state index in [1.165, 1.54) is 5.56 Å². The SMILES string of the molecule is CC(C)(C)N(C(=O)O)C1CCc2ccc(Br)cc21. The Kier molecular flexibility index (Phi) is 3.41. The van der Waals surface area contributed by atoms with E-state index < -0.39 is 6.09 Å². The van der Waals surface area contributed by atoms with Crippen LogP contribution in [0.3, 0.4) is 0 Å². The Balaban J connectivity index is 2.42. The molecule has 0 bridgehead atoms. The Labute approximate surface area is 116 Å². The summed E-state index contributed by atoms with van der Waals surface area (Å²) < 4.78 is 1.01. The molecular formula is C14H18BrNO2. The molecule has 1 aromatic rings. The standard InChI is InChI=1S/C14H18BrNO2/c1-14(2,3)16(13(17)18)12-7-5-9-4-6-10(15)8-11(9)12/h4,6,8,12H,5,7H2,1-3H3,(H,17,18). The average Bonchev–Trinajstić information content (AvgIpc) is 2.59. The maximum absolute atomic E-state index is 11.5. The Hall–Kier alpha value is -1.03. The molecule has 0 saturated carbocycles. The van der Waals surface area contributed by atoms with Crippen molar-refractivity contribution in [2.24, 2.45) is 0 Å². The van der Waals surface area contributed by atoms with Crippen molar-refractivity contribution < 1.29 is 9.90 Å². The van der Waals surface area contributed by atoms with Crippen molar-refractivity contribution in [1.82, 2.24) is 4.90 Å². The maximum atomic E-state index is 11.5. The van der Waals surface area contributed by atoms with Gasteiger partial charge in [0.15, 0.2) is 0 Å². The molecule has 2 rings (SSSR count). The molecule has 18 heavy (non-hydrogen) atoms. The molecule has 0 aliphatic heterocycles. The van der Waals surface area contributed by atoms with E-state index in [-0.39, 0.29) is 11.6 Å². The molecule has 3 nitrogen and oxygen atoms in total. The molecule has 0 heterocycles. The second-order valence-electron chi connectivity index (χ2n) is 5.72. The van der Waals surface area contributed by atoms with Gasteiger partial charge in [-0.15, -0.1) is 0 Å². The molecular weight excluding hydrogens is 294 g/mol. The highest BCUT2D eigenvalue weighted by molar-refractivity contribution is 9.10. The number of aryl methyl sites for hydroxylation is 1. The van der Waals surface area contributed by atoms with E-state index in [0.717, 1.165) is 22.9 Å². The third-order valence-corrected chi connectivity index (χ3v) is 3.89. The van der Waals surface area contributed by atoms with Crippen LogP contribution in [0.4, 0.5) is 4.79 Å². The van der Waals surface area contributed by atoms with E-state index >= 15 is 0 Å². The molecule has 1 aromatic carbocycles. The zero-order valence-corrected chi connectivity index (χ0v) is 12.5. The summed E-state index contributed by atoms with van der Waals surface area (Å²) in [5.41, 5.74) is 2.01. The summed E-state index contributed by atoms with van der Waals surface area (Å²) in [7, 11) is 0. The Morgan fingerprint density at radius 1 is 1.44 bits per heavy atom. The first kappa shape index (κ1) is 13.4. The van der Waals surface area contributed by atoms with E-state index in [4.69, 9.17) is 0 Å². The third kappa shape index (κ3) is 2.39. The molecule has 1 N–H and O–H groups in total. The number of halogens is 1. The molecule has 0 spiro atoms. The average molecular weight is 312 g/mol. The minimum absolute atomic E-state index is 0.0324. The summed E-state index contributed by atoms with van der Waals surface area (Å²) >= 11 is 3.46. The fraction of sp³-hybridized carbons (Fsp3) is 0.500. The van der Waals surface area contributed by atoms with Gasteiger partial charge in [-0.2, -0.15) is 0 Å². The Bertz CT molecular complexity index is 479. The van der Waals surface area contributed by atoms with Gasteiger partial charge < -0.3 is 5.11 Å². The van der Waals surface area contributed by atoms with Crippen LogP contribution >= 0.6 is 15.9 Å². The largest absolute Gasteiger partial charge is 0.465 e. The van der Waals surface area contributed by atoms with Gasteiger partial charge in [0.1, 0.15) is 0 Å². The van der Waals surface area contributed by atoms with Gasteiger partial charge >= 0.3 is 6.09 Å². The molecule has 98 valence electrons. The number of hydrogen-bond acceptors (Lipinski definition) is 1. The predicted molar refractivity (Wildman–Crippen MR) is 74.8 cm³/mol. The van der Waals surface area contributed by atoms with Gasteiger partial charge in [-0.25, -0.2) is 4.79 Å². The van der Waals surface area contributed by atoms with Gasteiger partial charge in [-0.3, -0.25) is 4.90 Å². The summed E-state index contributed by atoms with van der Waals surface area (Å²) in [4.78, 5) is 13.1. The highest BCUT2D eigenvalue weighted by Gasteiger charge is 2.37. The molecule has 1 atom stereocenters. The first-order valence-electron chi connectivity index (χ1n) is 6.11. The quantitative estimate of drug-likeness (QED) is 0.843. The highest BCUT2D eigenvalue weighted by Crippen LogP contribution is 2.40. The fourth-order valence-electron chi connectivity index (χ4n) is 2.71. The van der Waals surface area contributed by atoms with E-state index in [0.29, 0.717) is 0 Å². The van der Waals surface area contributed by atoms with Crippen LogP contribution in [0.1, 0.15) is 44.4 Å². The Morgan fingerprint density at radius 3 is 2.67 bits per heavy atom. The zero-order valence-electron chi connectivity index (χ0n) is 10.9. The van der Waals surface area contributed by atoms with E-state index in [1.807, 2.05) is 26.8 Å². The lowest BCUT2D eigenvalue weighted by molar-refractivity contribution is 0.0701. The number of carboxylic acid groups (broad SMARTS) is 1. The normalized spacial score (nSPS) is 18.6. The molecule has 0 aromatic heterocycles. The number of fused-ring (bicyclic) bond motifs is 1. The monoisotopic (exact) mass is 311 g/mol. The van der Waals surface area contributed by atoms with Crippen LogP contribution in [0.5, 0.6) is 0 Å². The van der Waals surface area contributed by atoms with E-state index in [9.17, 15) is 9.90 Å². The molecule has 1 aliphatic carbocycles. The van der Waals surface area contributed by atoms with Crippen molar-refractivity contribution in [1.29, 1.82) is 0 Å². The number of carbonyl (C=O) groups is 1.